The molecule has 4 aromatic carbocycles. The number of aromatic nitrogens is 4. The summed E-state index contributed by atoms with van der Waals surface area (Å²) in [5.41, 5.74) is 7.36. The van der Waals surface area contributed by atoms with Gasteiger partial charge in [0.25, 0.3) is 0 Å². The monoisotopic (exact) mass is 713 g/mol. The van der Waals surface area contributed by atoms with E-state index in [1.54, 1.807) is 30.0 Å². The van der Waals surface area contributed by atoms with E-state index in [1.165, 1.54) is 0 Å². The van der Waals surface area contributed by atoms with Crippen LogP contribution in [0.3, 0.4) is 0 Å². The van der Waals surface area contributed by atoms with Crippen molar-refractivity contribution in [2.75, 3.05) is 0 Å². The number of fused-ring (bicyclic) bond motifs is 4. The van der Waals surface area contributed by atoms with E-state index in [0.717, 1.165) is 65.1 Å². The number of thiazole rings is 1. The molecule has 5 nitrogen and oxygen atoms in total. The third-order valence-electron chi connectivity index (χ3n) is 6.86. The van der Waals surface area contributed by atoms with E-state index in [1.807, 2.05) is 42.5 Å². The van der Waals surface area contributed by atoms with Gasteiger partial charge in [-0.2, -0.15) is 11.3 Å². The number of hydrogen-bond acceptors (Lipinski definition) is 5. The quantitative estimate of drug-likeness (QED) is 0.172. The van der Waals surface area contributed by atoms with Gasteiger partial charge in [0, 0.05) is 21.4 Å². The molecule has 4 aromatic heterocycles. The standard InChI is InChI=1S/C33H18N4OS.Pt/c1-3-10-29-23(7-1)24-14-12-21(33-36-28-9-2-4-11-31(28)39-33)19-30(24)37(29)22-13-15-25(32-35-17-18-38-32)26(20-22)27-8-5-6-16-34-27;/h1-18H;/q-2;+2. The number of pyridine rings is 1. The van der Waals surface area contributed by atoms with Crippen molar-refractivity contribution in [3.63, 3.8) is 0 Å². The summed E-state index contributed by atoms with van der Waals surface area (Å²) in [6.07, 6.45) is 5.02. The van der Waals surface area contributed by atoms with Gasteiger partial charge >= 0.3 is 21.1 Å². The summed E-state index contributed by atoms with van der Waals surface area (Å²) in [5.74, 6) is 0.533. The van der Waals surface area contributed by atoms with Gasteiger partial charge in [-0.15, -0.1) is 47.5 Å². The first kappa shape index (κ1) is 24.6. The van der Waals surface area contributed by atoms with Crippen LogP contribution in [0.2, 0.25) is 0 Å². The van der Waals surface area contributed by atoms with Crippen molar-refractivity contribution >= 4 is 43.4 Å². The van der Waals surface area contributed by atoms with Crippen LogP contribution in [0.4, 0.5) is 0 Å². The first-order valence-corrected chi connectivity index (χ1v) is 13.3. The Labute approximate surface area is 248 Å². The first-order valence-electron chi connectivity index (χ1n) is 12.5. The predicted octanol–water partition coefficient (Wildman–Crippen LogP) is 8.38. The Bertz CT molecular complexity index is 2100. The van der Waals surface area contributed by atoms with E-state index >= 15 is 0 Å². The minimum atomic E-state index is 0. The number of para-hydroxylation sites is 2. The maximum Gasteiger partial charge on any atom is 2.00 e. The molecule has 0 fully saturated rings. The predicted molar refractivity (Wildman–Crippen MR) is 156 cm³/mol. The Morgan fingerprint density at radius 2 is 1.62 bits per heavy atom. The fourth-order valence-corrected chi connectivity index (χ4v) is 6.06. The molecule has 0 aliphatic rings. The summed E-state index contributed by atoms with van der Waals surface area (Å²) in [6, 6.07) is 38.2. The smallest absolute Gasteiger partial charge is 0.453 e. The molecule has 4 heterocycles. The molecule has 40 heavy (non-hydrogen) atoms. The molecule has 0 saturated carbocycles. The van der Waals surface area contributed by atoms with Gasteiger partial charge in [-0.05, 0) is 52.1 Å². The topological polar surface area (TPSA) is 56.7 Å². The fraction of sp³-hybridized carbons (Fsp3) is 0. The Kier molecular flexibility index (Phi) is 6.15. The van der Waals surface area contributed by atoms with Crippen LogP contribution in [0.5, 0.6) is 0 Å². The normalized spacial score (nSPS) is 11.3. The van der Waals surface area contributed by atoms with Crippen molar-refractivity contribution in [3.8, 4) is 39.0 Å². The van der Waals surface area contributed by atoms with E-state index < -0.39 is 0 Å². The van der Waals surface area contributed by atoms with E-state index in [9.17, 15) is 0 Å². The van der Waals surface area contributed by atoms with Crippen molar-refractivity contribution in [1.29, 1.82) is 0 Å². The molecular weight excluding hydrogens is 696 g/mol. The van der Waals surface area contributed by atoms with Gasteiger partial charge in [0.15, 0.2) is 5.89 Å². The third-order valence-corrected chi connectivity index (χ3v) is 7.93. The van der Waals surface area contributed by atoms with Crippen LogP contribution < -0.4 is 0 Å². The maximum absolute atomic E-state index is 5.66. The second kappa shape index (κ2) is 9.98. The van der Waals surface area contributed by atoms with Gasteiger partial charge < -0.3 is 14.0 Å². The molecule has 0 aliphatic heterocycles. The molecule has 0 saturated heterocycles. The largest absolute Gasteiger partial charge is 2.00 e. The molecule has 8 aromatic rings. The van der Waals surface area contributed by atoms with Crippen molar-refractivity contribution < 1.29 is 25.5 Å². The molecule has 0 N–H and O–H groups in total. The van der Waals surface area contributed by atoms with Crippen molar-refractivity contribution in [1.82, 2.24) is 19.5 Å². The van der Waals surface area contributed by atoms with Crippen molar-refractivity contribution in [2.45, 2.75) is 0 Å². The van der Waals surface area contributed by atoms with E-state index in [0.29, 0.717) is 5.89 Å². The first-order chi connectivity index (χ1) is 19.3. The second-order valence-electron chi connectivity index (χ2n) is 9.16. The zero-order valence-electron chi connectivity index (χ0n) is 20.8. The Morgan fingerprint density at radius 3 is 2.48 bits per heavy atom. The summed E-state index contributed by atoms with van der Waals surface area (Å²) in [5, 5.41) is 3.23. The van der Waals surface area contributed by atoms with E-state index in [-0.39, 0.29) is 21.1 Å². The molecule has 0 aliphatic carbocycles. The number of benzene rings is 4. The van der Waals surface area contributed by atoms with Gasteiger partial charge in [-0.25, -0.2) is 4.98 Å². The van der Waals surface area contributed by atoms with Gasteiger partial charge in [0.05, 0.1) is 11.7 Å². The van der Waals surface area contributed by atoms with Crippen LogP contribution in [-0.2, 0) is 21.1 Å². The number of nitrogens with zero attached hydrogens (tertiary/aromatic N) is 4. The number of oxazole rings is 1. The zero-order valence-corrected chi connectivity index (χ0v) is 23.9. The SMILES string of the molecule is [Pt+2].[c-]1c(-n2c3[c-]c(-c4nc5ccccc5s4)ccc3c3ccccc32)ccc(-c2ncco2)c1-c1ccccn1. The Balaban J connectivity index is 0.00000264. The Morgan fingerprint density at radius 1 is 0.750 bits per heavy atom. The van der Waals surface area contributed by atoms with Gasteiger partial charge in [-0.1, -0.05) is 47.9 Å². The summed E-state index contributed by atoms with van der Waals surface area (Å²) in [7, 11) is 0. The summed E-state index contributed by atoms with van der Waals surface area (Å²) < 4.78 is 9.04. The fourth-order valence-electron chi connectivity index (χ4n) is 5.12. The summed E-state index contributed by atoms with van der Waals surface area (Å²) >= 11 is 1.68. The van der Waals surface area contributed by atoms with Crippen LogP contribution in [0.1, 0.15) is 0 Å². The molecule has 7 heteroatoms. The van der Waals surface area contributed by atoms with Crippen molar-refractivity contribution in [2.24, 2.45) is 0 Å². The minimum absolute atomic E-state index is 0. The van der Waals surface area contributed by atoms with Crippen LogP contribution in [0, 0.1) is 12.1 Å². The van der Waals surface area contributed by atoms with Gasteiger partial charge in [-0.3, -0.25) is 4.98 Å². The zero-order chi connectivity index (χ0) is 25.8. The van der Waals surface area contributed by atoms with Crippen LogP contribution in [-0.4, -0.2) is 19.5 Å². The third kappa shape index (κ3) is 4.00. The molecular formula is C33H18N4OPtS. The minimum Gasteiger partial charge on any atom is -0.453 e. The van der Waals surface area contributed by atoms with E-state index in [4.69, 9.17) is 9.40 Å². The van der Waals surface area contributed by atoms with Gasteiger partial charge in [0.1, 0.15) is 6.26 Å². The number of rotatable bonds is 4. The molecule has 192 valence electrons. The Hall–Kier alpha value is -4.38. The molecule has 0 amide bonds. The molecule has 0 radical (unpaired) electrons. The van der Waals surface area contributed by atoms with Crippen LogP contribution in [0.15, 0.2) is 114 Å². The van der Waals surface area contributed by atoms with Crippen LogP contribution in [0.25, 0.3) is 71.0 Å². The van der Waals surface area contributed by atoms with Crippen LogP contribution >= 0.6 is 11.3 Å². The maximum atomic E-state index is 5.66. The molecule has 8 rings (SSSR count). The molecule has 0 bridgehead atoms. The van der Waals surface area contributed by atoms with E-state index in [2.05, 4.69) is 75.2 Å². The summed E-state index contributed by atoms with van der Waals surface area (Å²) in [4.78, 5) is 13.9. The number of hydrogen-bond donors (Lipinski definition) is 0. The average molecular weight is 714 g/mol. The van der Waals surface area contributed by atoms with Crippen molar-refractivity contribution in [3.05, 3.63) is 122 Å². The second-order valence-corrected chi connectivity index (χ2v) is 10.2. The van der Waals surface area contributed by atoms with Gasteiger partial charge in [0.2, 0.25) is 0 Å². The molecule has 0 unspecified atom stereocenters. The summed E-state index contributed by atoms with van der Waals surface area (Å²) in [6.45, 7) is 0. The molecule has 0 spiro atoms. The average Bonchev–Trinajstić information content (AvgIpc) is 3.75. The molecule has 0 atom stereocenters.